The molecule has 5 nitrogen and oxygen atoms in total. The fourth-order valence-electron chi connectivity index (χ4n) is 2.48. The van der Waals surface area contributed by atoms with Crippen LogP contribution in [0.1, 0.15) is 26.3 Å². The van der Waals surface area contributed by atoms with Gasteiger partial charge in [-0.05, 0) is 20.3 Å². The second-order valence-corrected chi connectivity index (χ2v) is 4.85. The Balaban J connectivity index is 2.05. The highest BCUT2D eigenvalue weighted by Gasteiger charge is 2.23. The first-order chi connectivity index (χ1) is 8.15. The van der Waals surface area contributed by atoms with E-state index in [0.717, 1.165) is 23.8 Å². The zero-order valence-corrected chi connectivity index (χ0v) is 10.4. The van der Waals surface area contributed by atoms with E-state index in [9.17, 15) is 0 Å². The molecule has 90 valence electrons. The van der Waals surface area contributed by atoms with Crippen molar-refractivity contribution in [2.75, 3.05) is 5.32 Å². The minimum Gasteiger partial charge on any atom is -0.368 e. The molecule has 2 aromatic rings. The van der Waals surface area contributed by atoms with E-state index in [1.54, 1.807) is 6.20 Å². The molecule has 3 heterocycles. The quantitative estimate of drug-likeness (QED) is 0.817. The smallest absolute Gasteiger partial charge is 0.160 e. The molecule has 1 N–H and O–H groups in total. The van der Waals surface area contributed by atoms with Gasteiger partial charge in [-0.3, -0.25) is 0 Å². The van der Waals surface area contributed by atoms with E-state index < -0.39 is 0 Å². The number of rotatable bonds is 1. The average Bonchev–Trinajstić information content (AvgIpc) is 2.83. The van der Waals surface area contributed by atoms with Crippen molar-refractivity contribution in [1.82, 2.24) is 19.3 Å². The van der Waals surface area contributed by atoms with Crippen LogP contribution in [0.4, 0.5) is 5.82 Å². The summed E-state index contributed by atoms with van der Waals surface area (Å²) in [5.74, 6) is 2.00. The summed E-state index contributed by atoms with van der Waals surface area (Å²) in [6.45, 7) is 4.41. The SMILES string of the molecule is CC1CC(C)n2nc(-c3nccn3C)cc2N1. The number of hydrogen-bond acceptors (Lipinski definition) is 3. The largest absolute Gasteiger partial charge is 0.368 e. The molecule has 2 unspecified atom stereocenters. The lowest BCUT2D eigenvalue weighted by Gasteiger charge is -2.27. The first-order valence-electron chi connectivity index (χ1n) is 5.99. The second-order valence-electron chi connectivity index (χ2n) is 4.85. The highest BCUT2D eigenvalue weighted by atomic mass is 15.4. The highest BCUT2D eigenvalue weighted by Crippen LogP contribution is 2.29. The van der Waals surface area contributed by atoms with E-state index in [-0.39, 0.29) is 0 Å². The molecule has 3 rings (SSSR count). The zero-order valence-electron chi connectivity index (χ0n) is 10.4. The van der Waals surface area contributed by atoms with Crippen molar-refractivity contribution in [2.24, 2.45) is 7.05 Å². The molecule has 0 aliphatic carbocycles. The molecule has 2 atom stereocenters. The van der Waals surface area contributed by atoms with Crippen LogP contribution in [0, 0.1) is 0 Å². The minimum atomic E-state index is 0.440. The summed E-state index contributed by atoms with van der Waals surface area (Å²) < 4.78 is 4.05. The number of anilines is 1. The van der Waals surface area contributed by atoms with Gasteiger partial charge in [0, 0.05) is 31.5 Å². The fraction of sp³-hybridized carbons (Fsp3) is 0.500. The van der Waals surface area contributed by atoms with E-state index in [4.69, 9.17) is 0 Å². The van der Waals surface area contributed by atoms with Crippen LogP contribution in [-0.4, -0.2) is 25.4 Å². The Kier molecular flexibility index (Phi) is 2.21. The molecule has 0 radical (unpaired) electrons. The number of fused-ring (bicyclic) bond motifs is 1. The van der Waals surface area contributed by atoms with Crippen molar-refractivity contribution in [3.63, 3.8) is 0 Å². The van der Waals surface area contributed by atoms with E-state index in [1.165, 1.54) is 0 Å². The fourth-order valence-corrected chi connectivity index (χ4v) is 2.48. The lowest BCUT2D eigenvalue weighted by atomic mass is 10.1. The predicted octanol–water partition coefficient (Wildman–Crippen LogP) is 2.05. The number of imidazole rings is 1. The first-order valence-corrected chi connectivity index (χ1v) is 5.99. The van der Waals surface area contributed by atoms with Gasteiger partial charge in [0.05, 0.1) is 6.04 Å². The van der Waals surface area contributed by atoms with Crippen LogP contribution in [0.2, 0.25) is 0 Å². The van der Waals surface area contributed by atoms with Gasteiger partial charge in [-0.15, -0.1) is 0 Å². The van der Waals surface area contributed by atoms with Crippen LogP contribution in [0.3, 0.4) is 0 Å². The molecule has 0 aromatic carbocycles. The standard InChI is InChI=1S/C12H17N5/c1-8-6-9(2)17-11(14-8)7-10(15-17)12-13-4-5-16(12)3/h4-5,7-9,14H,6H2,1-3H3. The van der Waals surface area contributed by atoms with Crippen molar-refractivity contribution in [2.45, 2.75) is 32.4 Å². The Hall–Kier alpha value is -1.78. The van der Waals surface area contributed by atoms with Crippen LogP contribution >= 0.6 is 0 Å². The molecule has 2 aromatic heterocycles. The topological polar surface area (TPSA) is 47.7 Å². The van der Waals surface area contributed by atoms with Crippen molar-refractivity contribution < 1.29 is 0 Å². The van der Waals surface area contributed by atoms with E-state index in [1.807, 2.05) is 17.8 Å². The van der Waals surface area contributed by atoms with Gasteiger partial charge in [0.25, 0.3) is 0 Å². The number of aryl methyl sites for hydroxylation is 1. The first kappa shape index (κ1) is 10.4. The maximum atomic E-state index is 4.64. The minimum absolute atomic E-state index is 0.440. The third kappa shape index (κ3) is 1.62. The van der Waals surface area contributed by atoms with Crippen molar-refractivity contribution in [3.8, 4) is 11.5 Å². The Labute approximate surface area is 100 Å². The Bertz CT molecular complexity index is 539. The molecule has 0 saturated heterocycles. The highest BCUT2D eigenvalue weighted by molar-refractivity contribution is 5.57. The molecular formula is C12H17N5. The monoisotopic (exact) mass is 231 g/mol. The second kappa shape index (κ2) is 3.61. The van der Waals surface area contributed by atoms with Crippen molar-refractivity contribution >= 4 is 5.82 Å². The summed E-state index contributed by atoms with van der Waals surface area (Å²) >= 11 is 0. The summed E-state index contributed by atoms with van der Waals surface area (Å²) in [5, 5.41) is 8.10. The van der Waals surface area contributed by atoms with Crippen LogP contribution in [-0.2, 0) is 7.05 Å². The summed E-state index contributed by atoms with van der Waals surface area (Å²) in [6, 6.07) is 3.02. The Morgan fingerprint density at radius 1 is 1.41 bits per heavy atom. The molecule has 0 bridgehead atoms. The van der Waals surface area contributed by atoms with Crippen LogP contribution in [0.25, 0.3) is 11.5 Å². The summed E-state index contributed by atoms with van der Waals surface area (Å²) in [6.07, 6.45) is 4.84. The summed E-state index contributed by atoms with van der Waals surface area (Å²) in [5.41, 5.74) is 0.931. The van der Waals surface area contributed by atoms with Gasteiger partial charge < -0.3 is 9.88 Å². The van der Waals surface area contributed by atoms with Crippen molar-refractivity contribution in [1.29, 1.82) is 0 Å². The van der Waals surface area contributed by atoms with E-state index in [2.05, 4.69) is 40.0 Å². The third-order valence-corrected chi connectivity index (χ3v) is 3.29. The molecule has 1 aliphatic heterocycles. The molecule has 0 saturated carbocycles. The molecule has 0 fully saturated rings. The molecule has 1 aliphatic rings. The number of aromatic nitrogens is 4. The maximum absolute atomic E-state index is 4.64. The summed E-state index contributed by atoms with van der Waals surface area (Å²) in [7, 11) is 1.99. The van der Waals surface area contributed by atoms with Gasteiger partial charge in [0.1, 0.15) is 11.5 Å². The van der Waals surface area contributed by atoms with Gasteiger partial charge in [-0.1, -0.05) is 0 Å². The van der Waals surface area contributed by atoms with Crippen LogP contribution < -0.4 is 5.32 Å². The molecule has 0 spiro atoms. The predicted molar refractivity (Wildman–Crippen MR) is 66.8 cm³/mol. The molecule has 5 heteroatoms. The summed E-state index contributed by atoms with van der Waals surface area (Å²) in [4.78, 5) is 4.33. The number of nitrogens with zero attached hydrogens (tertiary/aromatic N) is 4. The van der Waals surface area contributed by atoms with Gasteiger partial charge in [-0.25, -0.2) is 9.67 Å². The van der Waals surface area contributed by atoms with Gasteiger partial charge in [0.2, 0.25) is 0 Å². The van der Waals surface area contributed by atoms with Gasteiger partial charge in [-0.2, -0.15) is 5.10 Å². The lowest BCUT2D eigenvalue weighted by molar-refractivity contribution is 0.414. The number of nitrogens with one attached hydrogen (secondary N) is 1. The Morgan fingerprint density at radius 2 is 2.24 bits per heavy atom. The molecule has 17 heavy (non-hydrogen) atoms. The number of hydrogen-bond donors (Lipinski definition) is 1. The third-order valence-electron chi connectivity index (χ3n) is 3.29. The van der Waals surface area contributed by atoms with Crippen LogP contribution in [0.5, 0.6) is 0 Å². The molecule has 0 amide bonds. The van der Waals surface area contributed by atoms with Crippen molar-refractivity contribution in [3.05, 3.63) is 18.5 Å². The Morgan fingerprint density at radius 3 is 2.94 bits per heavy atom. The average molecular weight is 231 g/mol. The van der Waals surface area contributed by atoms with Gasteiger partial charge in [0.15, 0.2) is 5.82 Å². The lowest BCUT2D eigenvalue weighted by Crippen LogP contribution is -2.28. The van der Waals surface area contributed by atoms with E-state index >= 15 is 0 Å². The zero-order chi connectivity index (χ0) is 12.0. The van der Waals surface area contributed by atoms with Gasteiger partial charge >= 0.3 is 0 Å². The molecular weight excluding hydrogens is 214 g/mol. The van der Waals surface area contributed by atoms with E-state index in [0.29, 0.717) is 12.1 Å². The maximum Gasteiger partial charge on any atom is 0.160 e. The van der Waals surface area contributed by atoms with Crippen LogP contribution in [0.15, 0.2) is 18.5 Å². The normalized spacial score (nSPS) is 23.2.